The molecular weight excluding hydrogens is 231 g/mol. The zero-order chi connectivity index (χ0) is 12.7. The minimum Gasteiger partial charge on any atom is -0.312 e. The van der Waals surface area contributed by atoms with Gasteiger partial charge in [0.05, 0.1) is 12.1 Å². The SMILES string of the molecule is CN1C(=O)Cc2cc(C3CCCCN3)cc(F)c21. The molecule has 18 heavy (non-hydrogen) atoms. The lowest BCUT2D eigenvalue weighted by atomic mass is 9.95. The Morgan fingerprint density at radius 1 is 1.39 bits per heavy atom. The molecule has 0 bridgehead atoms. The van der Waals surface area contributed by atoms with Crippen LogP contribution in [0.25, 0.3) is 0 Å². The summed E-state index contributed by atoms with van der Waals surface area (Å²) < 4.78 is 14.1. The molecule has 0 aromatic heterocycles. The maximum atomic E-state index is 14.1. The zero-order valence-corrected chi connectivity index (χ0v) is 10.5. The molecule has 1 aromatic carbocycles. The quantitative estimate of drug-likeness (QED) is 0.826. The Labute approximate surface area is 106 Å². The van der Waals surface area contributed by atoms with Gasteiger partial charge in [-0.2, -0.15) is 0 Å². The summed E-state index contributed by atoms with van der Waals surface area (Å²) in [5.41, 5.74) is 2.26. The average Bonchev–Trinajstić information content (AvgIpc) is 2.66. The molecule has 1 unspecified atom stereocenters. The van der Waals surface area contributed by atoms with Crippen LogP contribution in [0.4, 0.5) is 10.1 Å². The van der Waals surface area contributed by atoms with E-state index in [0.717, 1.165) is 24.1 Å². The fraction of sp³-hybridized carbons (Fsp3) is 0.500. The summed E-state index contributed by atoms with van der Waals surface area (Å²) in [5, 5.41) is 3.41. The minimum atomic E-state index is -0.275. The maximum Gasteiger partial charge on any atom is 0.231 e. The number of fused-ring (bicyclic) bond motifs is 1. The number of rotatable bonds is 1. The fourth-order valence-electron chi connectivity index (χ4n) is 2.93. The first kappa shape index (κ1) is 11.7. The van der Waals surface area contributed by atoms with E-state index >= 15 is 0 Å². The highest BCUT2D eigenvalue weighted by molar-refractivity contribution is 6.01. The highest BCUT2D eigenvalue weighted by Crippen LogP contribution is 2.34. The lowest BCUT2D eigenvalue weighted by Gasteiger charge is -2.24. The van der Waals surface area contributed by atoms with Crippen molar-refractivity contribution in [3.63, 3.8) is 0 Å². The Morgan fingerprint density at radius 2 is 2.22 bits per heavy atom. The number of likely N-dealkylation sites (N-methyl/N-ethyl adjacent to an activating group) is 1. The van der Waals surface area contributed by atoms with Crippen molar-refractivity contribution in [1.29, 1.82) is 0 Å². The van der Waals surface area contributed by atoms with Crippen LogP contribution in [-0.4, -0.2) is 19.5 Å². The highest BCUT2D eigenvalue weighted by Gasteiger charge is 2.29. The number of hydrogen-bond donors (Lipinski definition) is 1. The van der Waals surface area contributed by atoms with E-state index in [-0.39, 0.29) is 17.8 Å². The molecule has 0 aliphatic carbocycles. The molecule has 1 N–H and O–H groups in total. The topological polar surface area (TPSA) is 32.3 Å². The third-order valence-electron chi connectivity index (χ3n) is 3.93. The van der Waals surface area contributed by atoms with Crippen molar-refractivity contribution >= 4 is 11.6 Å². The molecule has 0 radical (unpaired) electrons. The predicted molar refractivity (Wildman–Crippen MR) is 68.1 cm³/mol. The number of benzene rings is 1. The van der Waals surface area contributed by atoms with Gasteiger partial charge in [0.15, 0.2) is 0 Å². The van der Waals surface area contributed by atoms with Crippen molar-refractivity contribution in [1.82, 2.24) is 5.32 Å². The minimum absolute atomic E-state index is 0.0300. The van der Waals surface area contributed by atoms with E-state index in [9.17, 15) is 9.18 Å². The van der Waals surface area contributed by atoms with Crippen LogP contribution in [0.15, 0.2) is 12.1 Å². The molecule has 1 amide bonds. The van der Waals surface area contributed by atoms with Crippen molar-refractivity contribution < 1.29 is 9.18 Å². The number of halogens is 1. The Kier molecular flexibility index (Phi) is 2.82. The standard InChI is InChI=1S/C14H17FN2O/c1-17-13(18)8-10-6-9(7-11(15)14(10)17)12-4-2-3-5-16-12/h6-7,12,16H,2-5,8H2,1H3. The summed E-state index contributed by atoms with van der Waals surface area (Å²) in [6, 6.07) is 3.80. The third-order valence-corrected chi connectivity index (χ3v) is 3.93. The number of amides is 1. The summed E-state index contributed by atoms with van der Waals surface area (Å²) >= 11 is 0. The monoisotopic (exact) mass is 248 g/mol. The number of piperidine rings is 1. The first-order valence-electron chi connectivity index (χ1n) is 6.49. The van der Waals surface area contributed by atoms with Gasteiger partial charge in [-0.3, -0.25) is 4.79 Å². The van der Waals surface area contributed by atoms with Crippen molar-refractivity contribution in [2.75, 3.05) is 18.5 Å². The normalized spacial score (nSPS) is 23.3. The van der Waals surface area contributed by atoms with Gasteiger partial charge < -0.3 is 10.2 Å². The second-order valence-electron chi connectivity index (χ2n) is 5.14. The molecule has 2 heterocycles. The van der Waals surface area contributed by atoms with E-state index in [0.29, 0.717) is 12.1 Å². The molecule has 1 saturated heterocycles. The van der Waals surface area contributed by atoms with Gasteiger partial charge in [-0.05, 0) is 36.6 Å². The van der Waals surface area contributed by atoms with Gasteiger partial charge >= 0.3 is 0 Å². The summed E-state index contributed by atoms with van der Waals surface area (Å²) in [6.45, 7) is 0.988. The molecule has 96 valence electrons. The Balaban J connectivity index is 1.97. The Hall–Kier alpha value is -1.42. The van der Waals surface area contributed by atoms with Crippen molar-refractivity contribution in [3.8, 4) is 0 Å². The van der Waals surface area contributed by atoms with E-state index in [4.69, 9.17) is 0 Å². The van der Waals surface area contributed by atoms with Crippen LogP contribution in [0, 0.1) is 5.82 Å². The molecule has 1 fully saturated rings. The van der Waals surface area contributed by atoms with E-state index in [1.807, 2.05) is 6.07 Å². The van der Waals surface area contributed by atoms with Crippen molar-refractivity contribution in [2.45, 2.75) is 31.7 Å². The summed E-state index contributed by atoms with van der Waals surface area (Å²) in [5.74, 6) is -0.305. The molecule has 4 heteroatoms. The first-order valence-corrected chi connectivity index (χ1v) is 6.49. The molecule has 1 atom stereocenters. The molecule has 2 aliphatic heterocycles. The van der Waals surface area contributed by atoms with Gasteiger partial charge in [-0.1, -0.05) is 12.5 Å². The fourth-order valence-corrected chi connectivity index (χ4v) is 2.93. The third kappa shape index (κ3) is 1.81. The molecule has 3 nitrogen and oxygen atoms in total. The molecule has 0 spiro atoms. The maximum absolute atomic E-state index is 14.1. The van der Waals surface area contributed by atoms with Crippen LogP contribution < -0.4 is 10.2 Å². The van der Waals surface area contributed by atoms with Gasteiger partial charge in [0.2, 0.25) is 5.91 Å². The van der Waals surface area contributed by atoms with E-state index in [2.05, 4.69) is 5.32 Å². The van der Waals surface area contributed by atoms with Gasteiger partial charge in [-0.25, -0.2) is 4.39 Å². The van der Waals surface area contributed by atoms with Crippen molar-refractivity contribution in [3.05, 3.63) is 29.1 Å². The van der Waals surface area contributed by atoms with Crippen LogP contribution in [0.2, 0.25) is 0 Å². The van der Waals surface area contributed by atoms with Crippen LogP contribution in [0.3, 0.4) is 0 Å². The van der Waals surface area contributed by atoms with Crippen LogP contribution in [0.1, 0.15) is 36.4 Å². The molecule has 2 aliphatic rings. The molecule has 1 aromatic rings. The lowest BCUT2D eigenvalue weighted by Crippen LogP contribution is -2.27. The number of carbonyl (C=O) groups is 1. The average molecular weight is 248 g/mol. The Morgan fingerprint density at radius 3 is 2.94 bits per heavy atom. The number of hydrogen-bond acceptors (Lipinski definition) is 2. The Bertz CT molecular complexity index is 495. The van der Waals surface area contributed by atoms with Crippen LogP contribution in [-0.2, 0) is 11.2 Å². The molecular formula is C14H17FN2O. The number of carbonyl (C=O) groups excluding carboxylic acids is 1. The second-order valence-corrected chi connectivity index (χ2v) is 5.14. The second kappa shape index (κ2) is 4.35. The first-order chi connectivity index (χ1) is 8.66. The largest absolute Gasteiger partial charge is 0.312 e. The van der Waals surface area contributed by atoms with Gasteiger partial charge in [-0.15, -0.1) is 0 Å². The number of nitrogens with zero attached hydrogens (tertiary/aromatic N) is 1. The summed E-state index contributed by atoms with van der Waals surface area (Å²) in [4.78, 5) is 13.0. The molecule has 0 saturated carbocycles. The van der Waals surface area contributed by atoms with Crippen LogP contribution >= 0.6 is 0 Å². The van der Waals surface area contributed by atoms with Crippen LogP contribution in [0.5, 0.6) is 0 Å². The smallest absolute Gasteiger partial charge is 0.231 e. The van der Waals surface area contributed by atoms with E-state index < -0.39 is 0 Å². The summed E-state index contributed by atoms with van der Waals surface area (Å²) in [6.07, 6.45) is 3.73. The van der Waals surface area contributed by atoms with E-state index in [1.165, 1.54) is 17.7 Å². The number of anilines is 1. The summed E-state index contributed by atoms with van der Waals surface area (Å²) in [7, 11) is 1.63. The van der Waals surface area contributed by atoms with Gasteiger partial charge in [0.1, 0.15) is 5.82 Å². The van der Waals surface area contributed by atoms with Gasteiger partial charge in [0.25, 0.3) is 0 Å². The highest BCUT2D eigenvalue weighted by atomic mass is 19.1. The zero-order valence-electron chi connectivity index (χ0n) is 10.5. The van der Waals surface area contributed by atoms with Gasteiger partial charge in [0, 0.05) is 13.1 Å². The predicted octanol–water partition coefficient (Wildman–Crippen LogP) is 2.16. The lowest BCUT2D eigenvalue weighted by molar-refractivity contribution is -0.117. The van der Waals surface area contributed by atoms with Crippen molar-refractivity contribution in [2.24, 2.45) is 0 Å². The molecule has 3 rings (SSSR count). The number of nitrogens with one attached hydrogen (secondary N) is 1. The van der Waals surface area contributed by atoms with E-state index in [1.54, 1.807) is 13.1 Å².